The Morgan fingerprint density at radius 3 is 2.08 bits per heavy atom. The zero-order valence-electron chi connectivity index (χ0n) is 22.3. The van der Waals surface area contributed by atoms with Crippen LogP contribution in [-0.2, 0) is 28.7 Å². The lowest BCUT2D eigenvalue weighted by molar-refractivity contribution is 0.00578. The number of aryl methyl sites for hydroxylation is 2. The minimum Gasteiger partial charge on any atom is -0.399 e. The summed E-state index contributed by atoms with van der Waals surface area (Å²) in [5.74, 6) is 0.490. The average Bonchev–Trinajstić information content (AvgIpc) is 3.65. The van der Waals surface area contributed by atoms with E-state index in [0.717, 1.165) is 57.4 Å². The Bertz CT molecular complexity index is 1490. The standard InChI is InChI=1S/C16H12N2O.C15H19BO3/c19-16-4-3-10-1-2-11(7-13(10)16)12-5-6-18-15-9-17-8-14(12)15;1-14(2)15(3,4)19-16(18-14)11-7-5-10-6-8-13(17)12(10)9-11/h1-2,5-8H,3-4,9H2;5,7,9H,6,8H2,1-4H3. The van der Waals surface area contributed by atoms with Crippen molar-refractivity contribution in [3.05, 3.63) is 82.2 Å². The molecule has 0 N–H and O–H groups in total. The van der Waals surface area contributed by atoms with E-state index in [4.69, 9.17) is 9.31 Å². The van der Waals surface area contributed by atoms with Crippen molar-refractivity contribution >= 4 is 30.4 Å². The van der Waals surface area contributed by atoms with E-state index in [-0.39, 0.29) is 29.9 Å². The molecule has 0 unspecified atom stereocenters. The van der Waals surface area contributed by atoms with Crippen LogP contribution in [0.1, 0.15) is 83.6 Å². The summed E-state index contributed by atoms with van der Waals surface area (Å²) in [7, 11) is -0.385. The Hall–Kier alpha value is -3.42. The van der Waals surface area contributed by atoms with E-state index in [9.17, 15) is 9.59 Å². The van der Waals surface area contributed by atoms with E-state index in [2.05, 4.69) is 22.1 Å². The summed E-state index contributed by atoms with van der Waals surface area (Å²) in [6.07, 6.45) is 6.71. The van der Waals surface area contributed by atoms with E-state index in [1.165, 1.54) is 5.56 Å². The van der Waals surface area contributed by atoms with Gasteiger partial charge in [-0.1, -0.05) is 30.3 Å². The minimum atomic E-state index is -0.385. The van der Waals surface area contributed by atoms with Gasteiger partial charge < -0.3 is 9.31 Å². The lowest BCUT2D eigenvalue weighted by Gasteiger charge is -2.32. The third-order valence-corrected chi connectivity index (χ3v) is 8.46. The van der Waals surface area contributed by atoms with E-state index in [1.807, 2.05) is 70.4 Å². The molecular formula is C31H31BN2O4. The molecule has 1 saturated heterocycles. The highest BCUT2D eigenvalue weighted by Gasteiger charge is 2.51. The van der Waals surface area contributed by atoms with Gasteiger partial charge in [-0.25, -0.2) is 0 Å². The smallest absolute Gasteiger partial charge is 0.399 e. The van der Waals surface area contributed by atoms with Crippen LogP contribution in [0.15, 0.2) is 53.7 Å². The highest BCUT2D eigenvalue weighted by molar-refractivity contribution is 6.62. The van der Waals surface area contributed by atoms with Gasteiger partial charge >= 0.3 is 7.12 Å². The van der Waals surface area contributed by atoms with Crippen LogP contribution in [0.4, 0.5) is 0 Å². The lowest BCUT2D eigenvalue weighted by atomic mass is 9.78. The monoisotopic (exact) mass is 506 g/mol. The molecule has 0 radical (unpaired) electrons. The fourth-order valence-corrected chi connectivity index (χ4v) is 5.45. The van der Waals surface area contributed by atoms with Crippen LogP contribution in [-0.4, -0.2) is 41.1 Å². The first-order chi connectivity index (χ1) is 18.1. The number of ketones is 2. The summed E-state index contributed by atoms with van der Waals surface area (Å²) in [6, 6.07) is 14.2. The van der Waals surface area contributed by atoms with Crippen LogP contribution in [0, 0.1) is 0 Å². The number of aromatic nitrogens is 1. The third-order valence-electron chi connectivity index (χ3n) is 8.46. The maximum absolute atomic E-state index is 11.8. The van der Waals surface area contributed by atoms with Crippen LogP contribution in [0.2, 0.25) is 0 Å². The van der Waals surface area contributed by atoms with E-state index in [1.54, 1.807) is 0 Å². The van der Waals surface area contributed by atoms with Crippen LogP contribution in [0.25, 0.3) is 11.1 Å². The van der Waals surface area contributed by atoms with Gasteiger partial charge in [0.05, 0.1) is 23.4 Å². The molecule has 192 valence electrons. The molecule has 2 aromatic carbocycles. The number of hydrogen-bond donors (Lipinski definition) is 0. The van der Waals surface area contributed by atoms with Crippen molar-refractivity contribution in [2.75, 3.05) is 0 Å². The minimum absolute atomic E-state index is 0.230. The number of Topliss-reactive ketones (excluding diaryl/α,β-unsaturated/α-hetero) is 2. The number of carbonyl (C=O) groups is 2. The fraction of sp³-hybridized carbons (Fsp3) is 0.355. The second kappa shape index (κ2) is 9.10. The van der Waals surface area contributed by atoms with Crippen LogP contribution in [0.3, 0.4) is 0 Å². The number of pyridine rings is 1. The van der Waals surface area contributed by atoms with Gasteiger partial charge in [0.25, 0.3) is 0 Å². The Kier molecular flexibility index (Phi) is 5.96. The van der Waals surface area contributed by atoms with Gasteiger partial charge in [0.1, 0.15) is 0 Å². The number of hydrogen-bond acceptors (Lipinski definition) is 6. The number of aliphatic imine (C=N–C) groups is 1. The van der Waals surface area contributed by atoms with E-state index >= 15 is 0 Å². The SMILES string of the molecule is CC1(C)OB(c2ccc3c(c2)C(=O)CC3)OC1(C)C.O=C1CCc2ccc(-c3ccnc4c3C=NC4)cc21. The molecular weight excluding hydrogens is 475 g/mol. The first kappa shape index (κ1) is 24.9. The summed E-state index contributed by atoms with van der Waals surface area (Å²) in [5, 5.41) is 0. The number of rotatable bonds is 2. The van der Waals surface area contributed by atoms with Gasteiger partial charge in [-0.15, -0.1) is 0 Å². The molecule has 0 atom stereocenters. The van der Waals surface area contributed by atoms with Crippen molar-refractivity contribution in [3.63, 3.8) is 0 Å². The third kappa shape index (κ3) is 4.24. The second-order valence-corrected chi connectivity index (χ2v) is 11.4. The molecule has 0 spiro atoms. The predicted molar refractivity (Wildman–Crippen MR) is 148 cm³/mol. The molecule has 7 heteroatoms. The highest BCUT2D eigenvalue weighted by Crippen LogP contribution is 2.37. The quantitative estimate of drug-likeness (QED) is 0.461. The number of fused-ring (bicyclic) bond motifs is 3. The number of benzene rings is 2. The van der Waals surface area contributed by atoms with Crippen LogP contribution in [0.5, 0.6) is 0 Å². The highest BCUT2D eigenvalue weighted by atomic mass is 16.7. The Labute approximate surface area is 223 Å². The molecule has 2 aliphatic carbocycles. The van der Waals surface area contributed by atoms with Gasteiger partial charge in [0.2, 0.25) is 0 Å². The van der Waals surface area contributed by atoms with Gasteiger partial charge in [-0.2, -0.15) is 0 Å². The van der Waals surface area contributed by atoms with Crippen molar-refractivity contribution in [1.82, 2.24) is 4.98 Å². The van der Waals surface area contributed by atoms with Crippen molar-refractivity contribution < 1.29 is 18.9 Å². The van der Waals surface area contributed by atoms with Gasteiger partial charge in [0.15, 0.2) is 11.6 Å². The van der Waals surface area contributed by atoms with E-state index in [0.29, 0.717) is 19.4 Å². The predicted octanol–water partition coefficient (Wildman–Crippen LogP) is 4.92. The molecule has 6 nitrogen and oxygen atoms in total. The first-order valence-corrected chi connectivity index (χ1v) is 13.3. The average molecular weight is 506 g/mol. The zero-order chi connectivity index (χ0) is 26.7. The molecule has 7 rings (SSSR count). The zero-order valence-corrected chi connectivity index (χ0v) is 22.3. The molecule has 0 bridgehead atoms. The van der Waals surface area contributed by atoms with Crippen LogP contribution < -0.4 is 5.46 Å². The fourth-order valence-electron chi connectivity index (χ4n) is 5.45. The molecule has 0 amide bonds. The molecule has 4 aliphatic rings. The number of carbonyl (C=O) groups excluding carboxylic acids is 2. The number of nitrogens with zero attached hydrogens (tertiary/aromatic N) is 2. The summed E-state index contributed by atoms with van der Waals surface area (Å²) in [5.41, 5.74) is 8.60. The normalized spacial score (nSPS) is 19.7. The van der Waals surface area contributed by atoms with Crippen molar-refractivity contribution in [2.45, 2.75) is 71.1 Å². The lowest BCUT2D eigenvalue weighted by Crippen LogP contribution is -2.41. The molecule has 38 heavy (non-hydrogen) atoms. The van der Waals surface area contributed by atoms with E-state index < -0.39 is 0 Å². The first-order valence-electron chi connectivity index (χ1n) is 13.3. The molecule has 3 heterocycles. The second-order valence-electron chi connectivity index (χ2n) is 11.4. The van der Waals surface area contributed by atoms with Crippen LogP contribution >= 0.6 is 0 Å². The largest absolute Gasteiger partial charge is 0.494 e. The molecule has 1 fully saturated rings. The molecule has 1 aromatic heterocycles. The van der Waals surface area contributed by atoms with Gasteiger partial charge in [0, 0.05) is 41.9 Å². The summed E-state index contributed by atoms with van der Waals surface area (Å²) < 4.78 is 12.0. The van der Waals surface area contributed by atoms with Crippen molar-refractivity contribution in [1.29, 1.82) is 0 Å². The maximum Gasteiger partial charge on any atom is 0.494 e. The van der Waals surface area contributed by atoms with Crippen molar-refractivity contribution in [3.8, 4) is 11.1 Å². The summed E-state index contributed by atoms with van der Waals surface area (Å²) >= 11 is 0. The van der Waals surface area contributed by atoms with Gasteiger partial charge in [-0.3, -0.25) is 19.6 Å². The molecule has 3 aromatic rings. The Morgan fingerprint density at radius 1 is 0.763 bits per heavy atom. The summed E-state index contributed by atoms with van der Waals surface area (Å²) in [4.78, 5) is 32.3. The van der Waals surface area contributed by atoms with Gasteiger partial charge in [-0.05, 0) is 80.4 Å². The summed E-state index contributed by atoms with van der Waals surface area (Å²) in [6.45, 7) is 8.79. The molecule has 2 aliphatic heterocycles. The Morgan fingerprint density at radius 2 is 1.39 bits per heavy atom. The van der Waals surface area contributed by atoms with Crippen molar-refractivity contribution in [2.24, 2.45) is 4.99 Å². The maximum atomic E-state index is 11.8. The Balaban J connectivity index is 0.000000139. The molecule has 0 saturated carbocycles. The topological polar surface area (TPSA) is 77.9 Å².